The van der Waals surface area contributed by atoms with Crippen molar-refractivity contribution in [2.75, 3.05) is 25.0 Å². The van der Waals surface area contributed by atoms with E-state index < -0.39 is 0 Å². The Morgan fingerprint density at radius 1 is 0.382 bits per heavy atom. The maximum absolute atomic E-state index is 2.19. The lowest BCUT2D eigenvalue weighted by Crippen LogP contribution is -1.86. The zero-order valence-corrected chi connectivity index (χ0v) is 32.0. The molecule has 0 unspecified atom stereocenters. The van der Waals surface area contributed by atoms with Crippen LogP contribution in [0.15, 0.2) is 16.9 Å². The van der Waals surface area contributed by atoms with Crippen molar-refractivity contribution in [3.05, 3.63) is 40.0 Å². The van der Waals surface area contributed by atoms with Gasteiger partial charge in [-0.05, 0) is 43.7 Å². The van der Waals surface area contributed by atoms with E-state index >= 15 is 0 Å². The summed E-state index contributed by atoms with van der Waals surface area (Å²) in [6.07, 6.45) is 8.75. The molecule has 18 heteroatoms. The van der Waals surface area contributed by atoms with Crippen molar-refractivity contribution in [3.63, 3.8) is 0 Å². The number of hydrogen-bond acceptors (Lipinski definition) is 18. The van der Waals surface area contributed by atoms with E-state index in [1.165, 1.54) is 48.5 Å². The van der Waals surface area contributed by atoms with Gasteiger partial charge >= 0.3 is 0 Å². The molecule has 0 N–H and O–H groups in total. The third-order valence-corrected chi connectivity index (χ3v) is 30.5. The van der Waals surface area contributed by atoms with Crippen molar-refractivity contribution in [3.8, 4) is 0 Å². The van der Waals surface area contributed by atoms with Crippen LogP contribution in [0.1, 0.15) is 0 Å². The van der Waals surface area contributed by atoms with Crippen LogP contribution in [0.25, 0.3) is 8.47 Å². The molecule has 0 fully saturated rings. The van der Waals surface area contributed by atoms with Crippen LogP contribution in [0, 0.1) is 15.4 Å². The Labute approximate surface area is 268 Å². The van der Waals surface area contributed by atoms with Crippen LogP contribution in [-0.2, 0) is 0 Å². The Morgan fingerprint density at radius 2 is 0.647 bits per heavy atom. The molecule has 5 aliphatic heterocycles. The van der Waals surface area contributed by atoms with E-state index in [4.69, 9.17) is 0 Å². The lowest BCUT2D eigenvalue weighted by Gasteiger charge is -1.94. The van der Waals surface area contributed by atoms with Gasteiger partial charge < -0.3 is 0 Å². The fourth-order valence-corrected chi connectivity index (χ4v) is 31.3. The Kier molecular flexibility index (Phi) is 11.8. The predicted molar refractivity (Wildman–Crippen MR) is 193 cm³/mol. The molecule has 0 atom stereocenters. The van der Waals surface area contributed by atoms with Crippen LogP contribution >= 0.6 is 199 Å². The van der Waals surface area contributed by atoms with E-state index in [0.717, 1.165) is 0 Å². The Morgan fingerprint density at radius 3 is 0.882 bits per heavy atom. The van der Waals surface area contributed by atoms with Gasteiger partial charge in [-0.2, -0.15) is 0 Å². The van der Waals surface area contributed by atoms with Gasteiger partial charge in [0.2, 0.25) is 0 Å². The number of hydrogen-bond donors (Lipinski definition) is 0. The average Bonchev–Trinajstić information content (AvgIpc) is 3.63. The molecule has 34 heavy (non-hydrogen) atoms. The van der Waals surface area contributed by atoms with E-state index in [-0.39, 0.29) is 0 Å². The van der Waals surface area contributed by atoms with Gasteiger partial charge in [0.25, 0.3) is 0 Å². The first kappa shape index (κ1) is 29.0. The van der Waals surface area contributed by atoms with Crippen LogP contribution in [0.2, 0.25) is 0 Å². The Balaban J connectivity index is 1.56. The van der Waals surface area contributed by atoms with E-state index in [9.17, 15) is 0 Å². The molecule has 0 amide bonds. The summed E-state index contributed by atoms with van der Waals surface area (Å²) < 4.78 is 17.4. The first-order valence-electron chi connectivity index (χ1n) is 8.70. The first-order valence-corrected chi connectivity index (χ1v) is 27.1. The van der Waals surface area contributed by atoms with Gasteiger partial charge in [0, 0.05) is 0 Å². The molecule has 0 saturated heterocycles. The zero-order chi connectivity index (χ0) is 23.7. The molecular formula is C16H12S18. The molecule has 0 spiro atoms. The molecule has 0 saturated carbocycles. The smallest absolute Gasteiger partial charge is 0.120 e. The van der Waals surface area contributed by atoms with Crippen molar-refractivity contribution >= 4 is 208 Å². The normalized spacial score (nSPS) is 16.5. The van der Waals surface area contributed by atoms with E-state index in [2.05, 4.69) is 25.0 Å². The summed E-state index contributed by atoms with van der Waals surface area (Å²) in [6.45, 7) is 0. The van der Waals surface area contributed by atoms with Crippen LogP contribution in [0.3, 0.4) is 0 Å². The lowest BCUT2D eigenvalue weighted by atomic mass is 11.2. The second-order valence-corrected chi connectivity index (χ2v) is 27.9. The molecule has 5 rings (SSSR count). The van der Waals surface area contributed by atoms with Crippen LogP contribution < -0.4 is 7.69 Å². The van der Waals surface area contributed by atoms with Gasteiger partial charge in [0.15, 0.2) is 0 Å². The highest BCUT2D eigenvalue weighted by atomic mass is 33.2. The van der Waals surface area contributed by atoms with Gasteiger partial charge in [-0.1, -0.05) is 88.4 Å². The third-order valence-electron chi connectivity index (χ3n) is 3.66. The summed E-state index contributed by atoms with van der Waals surface area (Å²) in [4.78, 5) is 0. The topological polar surface area (TPSA) is 0 Å². The predicted octanol–water partition coefficient (Wildman–Crippen LogP) is 11.9. The highest BCUT2D eigenvalue weighted by Gasteiger charge is 2.22. The minimum atomic E-state index is 1.45. The maximum Gasteiger partial charge on any atom is 0.120 e. The fourth-order valence-electron chi connectivity index (χ4n) is 2.29. The van der Waals surface area contributed by atoms with Crippen molar-refractivity contribution in [2.45, 2.75) is 0 Å². The monoisotopic (exact) mass is 780 g/mol. The van der Waals surface area contributed by atoms with Crippen molar-refractivity contribution in [1.29, 1.82) is 0 Å². The first-order chi connectivity index (χ1) is 16.6. The van der Waals surface area contributed by atoms with Crippen LogP contribution in [0.4, 0.5) is 0 Å². The van der Waals surface area contributed by atoms with Crippen LogP contribution in [0.5, 0.6) is 0 Å². The Hall–Kier alpha value is 3.44. The standard InChI is InChI=1S/C16H12S18/c1-17-5-6(18-2)22-9(21-5)11-25-13-14(26-11)30-34-32-16-15(31-33-29-13)27-12(28-16)10-23-7(19-3)8(20-4)24-10/h1-4H3. The van der Waals surface area contributed by atoms with Gasteiger partial charge in [0.1, 0.15) is 23.1 Å². The number of thioether (sulfide) groups is 8. The summed E-state index contributed by atoms with van der Waals surface area (Å²) >= 11 is 23.2. The summed E-state index contributed by atoms with van der Waals surface area (Å²) in [5, 5.41) is 0. The van der Waals surface area contributed by atoms with Crippen molar-refractivity contribution < 1.29 is 0 Å². The minimum absolute atomic E-state index is 1.45. The van der Waals surface area contributed by atoms with Gasteiger partial charge in [-0.15, -0.1) is 92.4 Å². The van der Waals surface area contributed by atoms with Gasteiger partial charge in [-0.25, -0.2) is 0 Å². The minimum Gasteiger partial charge on any atom is -0.121 e. The molecule has 0 nitrogen and oxygen atoms in total. The molecule has 184 valence electrons. The summed E-state index contributed by atoms with van der Waals surface area (Å²) in [6, 6.07) is 0. The van der Waals surface area contributed by atoms with E-state index in [1.807, 2.05) is 199 Å². The second kappa shape index (κ2) is 13.9. The fraction of sp³-hybridized carbons (Fsp3) is 0.250. The van der Waals surface area contributed by atoms with E-state index in [1.54, 1.807) is 0 Å². The SMILES string of the molecule is CSC1=C(SC)SC(=c2sc3sssc4sc(=C5SC(SC)=C(SC)S5)sc=4sssc=3s2)S1. The van der Waals surface area contributed by atoms with Gasteiger partial charge in [-0.3, -0.25) is 0 Å². The highest BCUT2D eigenvalue weighted by molar-refractivity contribution is 8.46. The second-order valence-electron chi connectivity index (χ2n) is 5.55. The molecule has 0 aromatic carbocycles. The quantitative estimate of drug-likeness (QED) is 0.237. The third kappa shape index (κ3) is 6.66. The highest BCUT2D eigenvalue weighted by Crippen LogP contribution is 2.58. The Bertz CT molecular complexity index is 1380. The maximum atomic E-state index is 2.19. The van der Waals surface area contributed by atoms with Crippen molar-refractivity contribution in [2.24, 2.45) is 0 Å². The molecular weight excluding hydrogens is 769 g/mol. The van der Waals surface area contributed by atoms with E-state index in [0.29, 0.717) is 0 Å². The molecule has 5 aliphatic rings. The zero-order valence-electron chi connectivity index (χ0n) is 17.3. The molecule has 0 aromatic heterocycles. The molecule has 0 bridgehead atoms. The van der Waals surface area contributed by atoms with Crippen molar-refractivity contribution in [1.82, 2.24) is 0 Å². The summed E-state index contributed by atoms with van der Waals surface area (Å²) in [5.41, 5.74) is 0. The molecule has 0 radical (unpaired) electrons. The van der Waals surface area contributed by atoms with Gasteiger partial charge in [0.05, 0.1) is 25.4 Å². The van der Waals surface area contributed by atoms with Crippen LogP contribution in [-0.4, -0.2) is 25.0 Å². The largest absolute Gasteiger partial charge is 0.121 e. The molecule has 5 heterocycles. The molecule has 0 aliphatic carbocycles. The molecule has 0 aromatic rings. The summed E-state index contributed by atoms with van der Waals surface area (Å²) in [5.74, 6) is 0. The lowest BCUT2D eigenvalue weighted by molar-refractivity contribution is 2.23. The summed E-state index contributed by atoms with van der Waals surface area (Å²) in [7, 11) is 11.6. The number of rotatable bonds is 4. The average molecular weight is 781 g/mol.